The summed E-state index contributed by atoms with van der Waals surface area (Å²) in [6.07, 6.45) is 10.4. The summed E-state index contributed by atoms with van der Waals surface area (Å²) in [4.78, 5) is 15.3. The Morgan fingerprint density at radius 2 is 2.05 bits per heavy atom. The molecular weight excluding hydrogens is 248 g/mol. The Labute approximate surface area is 119 Å². The molecule has 20 heavy (non-hydrogen) atoms. The van der Waals surface area contributed by atoms with Crippen LogP contribution >= 0.6 is 0 Å². The number of hydrogen-bond acceptors (Lipinski definition) is 4. The summed E-state index contributed by atoms with van der Waals surface area (Å²) < 4.78 is 0. The van der Waals surface area contributed by atoms with Crippen LogP contribution in [-0.4, -0.2) is 27.5 Å². The summed E-state index contributed by atoms with van der Waals surface area (Å²) in [5.74, 6) is 1.93. The van der Waals surface area contributed by atoms with Gasteiger partial charge in [-0.1, -0.05) is 0 Å². The number of anilines is 1. The number of nitrogens with zero attached hydrogens (tertiary/aromatic N) is 4. The summed E-state index contributed by atoms with van der Waals surface area (Å²) >= 11 is 0. The molecule has 3 heterocycles. The van der Waals surface area contributed by atoms with Crippen LogP contribution in [0.15, 0.2) is 36.8 Å². The van der Waals surface area contributed by atoms with Gasteiger partial charge >= 0.3 is 0 Å². The fourth-order valence-corrected chi connectivity index (χ4v) is 2.92. The van der Waals surface area contributed by atoms with Gasteiger partial charge < -0.3 is 4.90 Å². The van der Waals surface area contributed by atoms with Crippen molar-refractivity contribution in [1.29, 1.82) is 0 Å². The average Bonchev–Trinajstić information content (AvgIpc) is 2.95. The molecule has 0 N–H and O–H groups in total. The molecule has 1 aliphatic heterocycles. The summed E-state index contributed by atoms with van der Waals surface area (Å²) in [7, 11) is 0. The number of aryl methyl sites for hydroxylation is 2. The molecule has 2 aromatic heterocycles. The zero-order valence-electron chi connectivity index (χ0n) is 11.9. The van der Waals surface area contributed by atoms with Gasteiger partial charge in [-0.3, -0.25) is 4.98 Å². The van der Waals surface area contributed by atoms with Crippen LogP contribution in [0.3, 0.4) is 0 Å². The minimum Gasteiger partial charge on any atom is -0.354 e. The standard InChI is InChI=1S/C16H20N4/c1-13-18-11-8-16(19-13)20-12-2-3-15(20)5-4-14-6-9-17-10-7-14/h6-11,15H,2-5,12H2,1H3. The SMILES string of the molecule is Cc1nccc(N2CCCC2CCc2ccncc2)n1. The first-order valence-electron chi connectivity index (χ1n) is 7.28. The highest BCUT2D eigenvalue weighted by molar-refractivity contribution is 5.40. The lowest BCUT2D eigenvalue weighted by molar-refractivity contribution is 0.605. The van der Waals surface area contributed by atoms with Crippen molar-refractivity contribution in [2.24, 2.45) is 0 Å². The van der Waals surface area contributed by atoms with Crippen LogP contribution in [0.2, 0.25) is 0 Å². The minimum absolute atomic E-state index is 0.595. The predicted octanol–water partition coefficient (Wildman–Crippen LogP) is 2.78. The maximum atomic E-state index is 4.57. The van der Waals surface area contributed by atoms with E-state index >= 15 is 0 Å². The van der Waals surface area contributed by atoms with E-state index in [1.807, 2.05) is 31.6 Å². The van der Waals surface area contributed by atoms with Crippen LogP contribution < -0.4 is 4.90 Å². The van der Waals surface area contributed by atoms with Gasteiger partial charge in [0.25, 0.3) is 0 Å². The first-order valence-corrected chi connectivity index (χ1v) is 7.28. The molecule has 0 radical (unpaired) electrons. The Balaban J connectivity index is 1.67. The molecule has 1 fully saturated rings. The van der Waals surface area contributed by atoms with Gasteiger partial charge in [0.05, 0.1) is 0 Å². The van der Waals surface area contributed by atoms with Crippen molar-refractivity contribution in [3.05, 3.63) is 48.2 Å². The smallest absolute Gasteiger partial charge is 0.132 e. The summed E-state index contributed by atoms with van der Waals surface area (Å²) in [6, 6.07) is 6.83. The van der Waals surface area contributed by atoms with Crippen LogP contribution in [0, 0.1) is 6.92 Å². The Morgan fingerprint density at radius 3 is 2.85 bits per heavy atom. The topological polar surface area (TPSA) is 41.9 Å². The third-order valence-corrected chi connectivity index (χ3v) is 3.95. The quantitative estimate of drug-likeness (QED) is 0.855. The van der Waals surface area contributed by atoms with Crippen molar-refractivity contribution in [2.75, 3.05) is 11.4 Å². The van der Waals surface area contributed by atoms with E-state index in [0.717, 1.165) is 24.6 Å². The normalized spacial score (nSPS) is 18.4. The summed E-state index contributed by atoms with van der Waals surface area (Å²) in [5.41, 5.74) is 1.37. The van der Waals surface area contributed by atoms with E-state index in [2.05, 4.69) is 32.0 Å². The van der Waals surface area contributed by atoms with Gasteiger partial charge in [0.15, 0.2) is 0 Å². The van der Waals surface area contributed by atoms with Crippen LogP contribution in [0.4, 0.5) is 5.82 Å². The Kier molecular flexibility index (Phi) is 3.90. The van der Waals surface area contributed by atoms with Crippen molar-refractivity contribution in [1.82, 2.24) is 15.0 Å². The molecule has 0 amide bonds. The highest BCUT2D eigenvalue weighted by Gasteiger charge is 2.25. The van der Waals surface area contributed by atoms with Gasteiger partial charge in [-0.05, 0) is 56.4 Å². The van der Waals surface area contributed by atoms with Crippen molar-refractivity contribution in [3.63, 3.8) is 0 Å². The fraction of sp³-hybridized carbons (Fsp3) is 0.438. The lowest BCUT2D eigenvalue weighted by Crippen LogP contribution is -2.30. The molecule has 4 nitrogen and oxygen atoms in total. The maximum Gasteiger partial charge on any atom is 0.132 e. The van der Waals surface area contributed by atoms with Crippen molar-refractivity contribution < 1.29 is 0 Å². The molecule has 2 aromatic rings. The van der Waals surface area contributed by atoms with Gasteiger partial charge in [0.2, 0.25) is 0 Å². The van der Waals surface area contributed by atoms with Gasteiger partial charge in [-0.2, -0.15) is 0 Å². The zero-order chi connectivity index (χ0) is 13.8. The highest BCUT2D eigenvalue weighted by Crippen LogP contribution is 2.26. The van der Waals surface area contributed by atoms with E-state index in [-0.39, 0.29) is 0 Å². The van der Waals surface area contributed by atoms with E-state index in [9.17, 15) is 0 Å². The molecule has 0 aliphatic carbocycles. The number of aromatic nitrogens is 3. The highest BCUT2D eigenvalue weighted by atomic mass is 15.2. The lowest BCUT2D eigenvalue weighted by Gasteiger charge is -2.25. The Bertz CT molecular complexity index is 555. The molecule has 1 aliphatic rings. The molecule has 3 rings (SSSR count). The third kappa shape index (κ3) is 2.95. The zero-order valence-corrected chi connectivity index (χ0v) is 11.9. The van der Waals surface area contributed by atoms with E-state index < -0.39 is 0 Å². The van der Waals surface area contributed by atoms with E-state index in [1.54, 1.807) is 0 Å². The molecule has 4 heteroatoms. The monoisotopic (exact) mass is 268 g/mol. The third-order valence-electron chi connectivity index (χ3n) is 3.95. The Hall–Kier alpha value is -1.97. The molecule has 0 spiro atoms. The van der Waals surface area contributed by atoms with Crippen molar-refractivity contribution in [2.45, 2.75) is 38.6 Å². The summed E-state index contributed by atoms with van der Waals surface area (Å²) in [6.45, 7) is 3.06. The second-order valence-corrected chi connectivity index (χ2v) is 5.35. The second kappa shape index (κ2) is 5.99. The minimum atomic E-state index is 0.595. The lowest BCUT2D eigenvalue weighted by atomic mass is 10.0. The van der Waals surface area contributed by atoms with Gasteiger partial charge in [-0.15, -0.1) is 0 Å². The number of rotatable bonds is 4. The van der Waals surface area contributed by atoms with Crippen LogP contribution in [0.1, 0.15) is 30.7 Å². The molecular formula is C16H20N4. The first kappa shape index (κ1) is 13.0. The fourth-order valence-electron chi connectivity index (χ4n) is 2.92. The molecule has 0 aromatic carbocycles. The van der Waals surface area contributed by atoms with E-state index in [0.29, 0.717) is 6.04 Å². The maximum absolute atomic E-state index is 4.57. The predicted molar refractivity (Wildman–Crippen MR) is 79.7 cm³/mol. The molecule has 0 bridgehead atoms. The largest absolute Gasteiger partial charge is 0.354 e. The average molecular weight is 268 g/mol. The van der Waals surface area contributed by atoms with Gasteiger partial charge in [-0.25, -0.2) is 9.97 Å². The first-order chi connectivity index (χ1) is 9.83. The van der Waals surface area contributed by atoms with Crippen LogP contribution in [-0.2, 0) is 6.42 Å². The molecule has 1 saturated heterocycles. The van der Waals surface area contributed by atoms with Gasteiger partial charge in [0.1, 0.15) is 11.6 Å². The van der Waals surface area contributed by atoms with Crippen LogP contribution in [0.25, 0.3) is 0 Å². The van der Waals surface area contributed by atoms with Crippen LogP contribution in [0.5, 0.6) is 0 Å². The van der Waals surface area contributed by atoms with Crippen molar-refractivity contribution >= 4 is 5.82 Å². The van der Waals surface area contributed by atoms with E-state index in [1.165, 1.54) is 24.8 Å². The van der Waals surface area contributed by atoms with E-state index in [4.69, 9.17) is 0 Å². The molecule has 0 saturated carbocycles. The number of hydrogen-bond donors (Lipinski definition) is 0. The molecule has 104 valence electrons. The van der Waals surface area contributed by atoms with Gasteiger partial charge in [0, 0.05) is 31.2 Å². The number of pyridine rings is 1. The Morgan fingerprint density at radius 1 is 1.20 bits per heavy atom. The molecule has 1 atom stereocenters. The van der Waals surface area contributed by atoms with Crippen molar-refractivity contribution in [3.8, 4) is 0 Å². The molecule has 1 unspecified atom stereocenters. The summed E-state index contributed by atoms with van der Waals surface area (Å²) in [5, 5.41) is 0. The second-order valence-electron chi connectivity index (χ2n) is 5.35.